The molecule has 0 saturated heterocycles. The number of benzene rings is 1. The number of nitrogens with one attached hydrogen (secondary N) is 2. The minimum atomic E-state index is -0.243. The van der Waals surface area contributed by atoms with Crippen LogP contribution in [0.3, 0.4) is 0 Å². The summed E-state index contributed by atoms with van der Waals surface area (Å²) in [5.41, 5.74) is 1.46. The number of hydrogen-bond acceptors (Lipinski definition) is 4. The Balaban J connectivity index is 2.07. The SMILES string of the molecule is C=CCNC(=O)c1ccnc(NC(C)c2ccccc2)n1. The Morgan fingerprint density at radius 3 is 2.81 bits per heavy atom. The van der Waals surface area contributed by atoms with Gasteiger partial charge >= 0.3 is 0 Å². The minimum Gasteiger partial charge on any atom is -0.348 e. The molecule has 0 radical (unpaired) electrons. The number of nitrogens with zero attached hydrogens (tertiary/aromatic N) is 2. The van der Waals surface area contributed by atoms with Gasteiger partial charge in [-0.05, 0) is 18.6 Å². The van der Waals surface area contributed by atoms with Gasteiger partial charge in [-0.3, -0.25) is 4.79 Å². The van der Waals surface area contributed by atoms with Gasteiger partial charge in [0, 0.05) is 12.7 Å². The molecule has 2 aromatic rings. The zero-order valence-corrected chi connectivity index (χ0v) is 11.9. The van der Waals surface area contributed by atoms with Gasteiger partial charge in [0.15, 0.2) is 0 Å². The van der Waals surface area contributed by atoms with E-state index in [1.807, 2.05) is 37.3 Å². The Morgan fingerprint density at radius 1 is 1.33 bits per heavy atom. The standard InChI is InChI=1S/C16H18N4O/c1-3-10-17-15(21)14-9-11-18-16(20-14)19-12(2)13-7-5-4-6-8-13/h3-9,11-12H,1,10H2,2H3,(H,17,21)(H,18,19,20). The second-order valence-corrected chi connectivity index (χ2v) is 4.54. The van der Waals surface area contributed by atoms with Crippen molar-refractivity contribution in [2.75, 3.05) is 11.9 Å². The molecule has 0 aliphatic heterocycles. The van der Waals surface area contributed by atoms with E-state index in [-0.39, 0.29) is 11.9 Å². The van der Waals surface area contributed by atoms with Crippen LogP contribution in [-0.4, -0.2) is 22.4 Å². The number of hydrogen-bond donors (Lipinski definition) is 2. The normalized spacial score (nSPS) is 11.5. The Kier molecular flexibility index (Phi) is 5.04. The Morgan fingerprint density at radius 2 is 2.10 bits per heavy atom. The summed E-state index contributed by atoms with van der Waals surface area (Å²) in [6.07, 6.45) is 3.19. The lowest BCUT2D eigenvalue weighted by molar-refractivity contribution is 0.0953. The summed E-state index contributed by atoms with van der Waals surface area (Å²) in [5.74, 6) is 0.185. The van der Waals surface area contributed by atoms with Gasteiger partial charge < -0.3 is 10.6 Å². The van der Waals surface area contributed by atoms with E-state index in [0.717, 1.165) is 5.56 Å². The first-order valence-electron chi connectivity index (χ1n) is 6.74. The number of carbonyl (C=O) groups excluding carboxylic acids is 1. The van der Waals surface area contributed by atoms with Gasteiger partial charge in [-0.1, -0.05) is 36.4 Å². The van der Waals surface area contributed by atoms with Crippen molar-refractivity contribution in [2.24, 2.45) is 0 Å². The fourth-order valence-corrected chi connectivity index (χ4v) is 1.83. The zero-order valence-electron chi connectivity index (χ0n) is 11.9. The van der Waals surface area contributed by atoms with E-state index in [4.69, 9.17) is 0 Å². The van der Waals surface area contributed by atoms with E-state index >= 15 is 0 Å². The second-order valence-electron chi connectivity index (χ2n) is 4.54. The van der Waals surface area contributed by atoms with Crippen LogP contribution in [0, 0.1) is 0 Å². The molecular weight excluding hydrogens is 264 g/mol. The molecule has 0 saturated carbocycles. The molecule has 0 aliphatic rings. The highest BCUT2D eigenvalue weighted by Crippen LogP contribution is 2.16. The van der Waals surface area contributed by atoms with E-state index in [1.54, 1.807) is 18.3 Å². The summed E-state index contributed by atoms with van der Waals surface area (Å²) in [7, 11) is 0. The number of amides is 1. The summed E-state index contributed by atoms with van der Waals surface area (Å²) in [6.45, 7) is 5.98. The smallest absolute Gasteiger partial charge is 0.270 e. The summed E-state index contributed by atoms with van der Waals surface area (Å²) in [6, 6.07) is 11.6. The molecule has 2 N–H and O–H groups in total. The molecule has 1 aromatic carbocycles. The van der Waals surface area contributed by atoms with Crippen LogP contribution < -0.4 is 10.6 Å². The van der Waals surface area contributed by atoms with Crippen molar-refractivity contribution in [2.45, 2.75) is 13.0 Å². The molecule has 5 nitrogen and oxygen atoms in total. The molecule has 0 fully saturated rings. The summed E-state index contributed by atoms with van der Waals surface area (Å²) in [5, 5.41) is 5.87. The van der Waals surface area contributed by atoms with E-state index in [9.17, 15) is 4.79 Å². The van der Waals surface area contributed by atoms with Crippen LogP contribution in [0.4, 0.5) is 5.95 Å². The fraction of sp³-hybridized carbons (Fsp3) is 0.188. The number of aromatic nitrogens is 2. The molecule has 1 atom stereocenters. The van der Waals surface area contributed by atoms with Gasteiger partial charge in [0.05, 0.1) is 6.04 Å². The van der Waals surface area contributed by atoms with Gasteiger partial charge in [0.2, 0.25) is 5.95 Å². The lowest BCUT2D eigenvalue weighted by Crippen LogP contribution is -2.24. The van der Waals surface area contributed by atoms with Crippen LogP contribution in [0.2, 0.25) is 0 Å². The van der Waals surface area contributed by atoms with E-state index in [2.05, 4.69) is 27.2 Å². The van der Waals surface area contributed by atoms with Crippen molar-refractivity contribution in [1.29, 1.82) is 0 Å². The summed E-state index contributed by atoms with van der Waals surface area (Å²) < 4.78 is 0. The predicted molar refractivity (Wildman–Crippen MR) is 83.0 cm³/mol. The molecule has 21 heavy (non-hydrogen) atoms. The van der Waals surface area contributed by atoms with E-state index < -0.39 is 0 Å². The first-order chi connectivity index (χ1) is 10.2. The molecule has 2 rings (SSSR count). The summed E-state index contributed by atoms with van der Waals surface area (Å²) >= 11 is 0. The van der Waals surface area contributed by atoms with E-state index in [0.29, 0.717) is 18.2 Å². The van der Waals surface area contributed by atoms with Crippen LogP contribution in [0.25, 0.3) is 0 Å². The number of rotatable bonds is 6. The van der Waals surface area contributed by atoms with Crippen LogP contribution >= 0.6 is 0 Å². The Bertz CT molecular complexity index is 613. The molecule has 0 bridgehead atoms. The monoisotopic (exact) mass is 282 g/mol. The van der Waals surface area contributed by atoms with Crippen LogP contribution in [0.15, 0.2) is 55.3 Å². The third kappa shape index (κ3) is 4.14. The van der Waals surface area contributed by atoms with Crippen molar-refractivity contribution < 1.29 is 4.79 Å². The van der Waals surface area contributed by atoms with Crippen molar-refractivity contribution in [3.05, 3.63) is 66.5 Å². The lowest BCUT2D eigenvalue weighted by Gasteiger charge is -2.14. The lowest BCUT2D eigenvalue weighted by atomic mass is 10.1. The highest BCUT2D eigenvalue weighted by atomic mass is 16.1. The Hall–Kier alpha value is -2.69. The molecule has 1 unspecified atom stereocenters. The number of anilines is 1. The maximum Gasteiger partial charge on any atom is 0.270 e. The summed E-state index contributed by atoms with van der Waals surface area (Å²) in [4.78, 5) is 20.2. The van der Waals surface area contributed by atoms with Crippen LogP contribution in [0.1, 0.15) is 29.0 Å². The molecule has 5 heteroatoms. The molecule has 1 aromatic heterocycles. The molecule has 0 aliphatic carbocycles. The van der Waals surface area contributed by atoms with Gasteiger partial charge in [0.25, 0.3) is 5.91 Å². The van der Waals surface area contributed by atoms with Gasteiger partial charge in [0.1, 0.15) is 5.69 Å². The van der Waals surface area contributed by atoms with Crippen molar-refractivity contribution in [3.8, 4) is 0 Å². The fourth-order valence-electron chi connectivity index (χ4n) is 1.83. The zero-order chi connectivity index (χ0) is 15.1. The average Bonchev–Trinajstić information content (AvgIpc) is 2.53. The molecule has 1 heterocycles. The molecular formula is C16H18N4O. The highest BCUT2D eigenvalue weighted by Gasteiger charge is 2.10. The predicted octanol–water partition coefficient (Wildman–Crippen LogP) is 2.57. The van der Waals surface area contributed by atoms with Crippen molar-refractivity contribution in [1.82, 2.24) is 15.3 Å². The van der Waals surface area contributed by atoms with Crippen LogP contribution in [0.5, 0.6) is 0 Å². The first-order valence-corrected chi connectivity index (χ1v) is 6.74. The van der Waals surface area contributed by atoms with E-state index in [1.165, 1.54) is 0 Å². The van der Waals surface area contributed by atoms with Crippen LogP contribution in [-0.2, 0) is 0 Å². The third-order valence-corrected chi connectivity index (χ3v) is 2.94. The first kappa shape index (κ1) is 14.7. The minimum absolute atomic E-state index is 0.0534. The molecule has 108 valence electrons. The highest BCUT2D eigenvalue weighted by molar-refractivity contribution is 5.92. The Labute approximate surface area is 124 Å². The maximum atomic E-state index is 11.8. The van der Waals surface area contributed by atoms with Crippen molar-refractivity contribution >= 4 is 11.9 Å². The second kappa shape index (κ2) is 7.19. The average molecular weight is 282 g/mol. The third-order valence-electron chi connectivity index (χ3n) is 2.94. The van der Waals surface area contributed by atoms with Gasteiger partial charge in [-0.15, -0.1) is 6.58 Å². The van der Waals surface area contributed by atoms with Crippen molar-refractivity contribution in [3.63, 3.8) is 0 Å². The van der Waals surface area contributed by atoms with Gasteiger partial charge in [-0.25, -0.2) is 9.97 Å². The topological polar surface area (TPSA) is 66.9 Å². The maximum absolute atomic E-state index is 11.8. The number of carbonyl (C=O) groups is 1. The molecule has 1 amide bonds. The quantitative estimate of drug-likeness (QED) is 0.799. The largest absolute Gasteiger partial charge is 0.348 e. The van der Waals surface area contributed by atoms with Gasteiger partial charge in [-0.2, -0.15) is 0 Å². The molecule has 0 spiro atoms.